The van der Waals surface area contributed by atoms with Crippen LogP contribution in [0.2, 0.25) is 5.02 Å². The van der Waals surface area contributed by atoms with Gasteiger partial charge in [0.05, 0.1) is 16.5 Å². The second kappa shape index (κ2) is 8.71. The number of carboxylic acids is 1. The standard InChI is InChI=1S/C20H21ClFNO7S/c1-19(26)8-9-20(12-30-19,18(24)25)23-31(27,28)16-6-4-15(5-7-16)29-11-13-2-3-14(22)10-17(13)21/h2-7,10,23,26H,8-9,11-12H2,1H3,(H,24,25). The second-order valence-electron chi connectivity index (χ2n) is 7.45. The number of hydrogen-bond acceptors (Lipinski definition) is 6. The molecule has 8 nitrogen and oxygen atoms in total. The molecule has 31 heavy (non-hydrogen) atoms. The molecule has 0 saturated carbocycles. The number of aliphatic carboxylic acids is 1. The summed E-state index contributed by atoms with van der Waals surface area (Å²) in [6.45, 7) is 0.905. The van der Waals surface area contributed by atoms with E-state index in [0.29, 0.717) is 11.3 Å². The third kappa shape index (κ3) is 5.52. The summed E-state index contributed by atoms with van der Waals surface area (Å²) in [6.07, 6.45) is -0.200. The van der Waals surface area contributed by atoms with Crippen molar-refractivity contribution < 1.29 is 37.3 Å². The molecular weight excluding hydrogens is 453 g/mol. The lowest BCUT2D eigenvalue weighted by Gasteiger charge is -2.39. The lowest BCUT2D eigenvalue weighted by Crippen LogP contribution is -2.62. The van der Waals surface area contributed by atoms with E-state index in [0.717, 1.165) is 6.07 Å². The molecule has 2 aromatic rings. The molecule has 0 aromatic heterocycles. The van der Waals surface area contributed by atoms with E-state index >= 15 is 0 Å². The minimum Gasteiger partial charge on any atom is -0.489 e. The minimum absolute atomic E-state index is 0.0445. The van der Waals surface area contributed by atoms with E-state index in [-0.39, 0.29) is 29.4 Å². The molecule has 2 unspecified atom stereocenters. The number of carbonyl (C=O) groups is 1. The van der Waals surface area contributed by atoms with Crippen molar-refractivity contribution >= 4 is 27.6 Å². The predicted molar refractivity (Wildman–Crippen MR) is 109 cm³/mol. The number of rotatable bonds is 7. The van der Waals surface area contributed by atoms with Gasteiger partial charge in [-0.05, 0) is 49.7 Å². The number of carboxylic acid groups (broad SMARTS) is 1. The Labute approximate surface area is 183 Å². The molecule has 2 atom stereocenters. The Bertz CT molecular complexity index is 1060. The highest BCUT2D eigenvalue weighted by molar-refractivity contribution is 7.89. The van der Waals surface area contributed by atoms with Crippen LogP contribution in [0.25, 0.3) is 0 Å². The monoisotopic (exact) mass is 473 g/mol. The van der Waals surface area contributed by atoms with Gasteiger partial charge in [-0.15, -0.1) is 0 Å². The van der Waals surface area contributed by atoms with Crippen molar-refractivity contribution in [3.05, 3.63) is 58.9 Å². The molecule has 0 amide bonds. The van der Waals surface area contributed by atoms with E-state index in [9.17, 15) is 27.8 Å². The van der Waals surface area contributed by atoms with Gasteiger partial charge < -0.3 is 19.7 Å². The molecule has 11 heteroatoms. The van der Waals surface area contributed by atoms with Crippen molar-refractivity contribution in [2.24, 2.45) is 0 Å². The van der Waals surface area contributed by atoms with Crippen molar-refractivity contribution in [1.29, 1.82) is 0 Å². The molecule has 1 fully saturated rings. The molecule has 0 aliphatic carbocycles. The lowest BCUT2D eigenvalue weighted by molar-refractivity contribution is -0.230. The Balaban J connectivity index is 1.71. The summed E-state index contributed by atoms with van der Waals surface area (Å²) in [5.41, 5.74) is -1.34. The van der Waals surface area contributed by atoms with Gasteiger partial charge in [0.15, 0.2) is 11.3 Å². The number of halogens is 2. The summed E-state index contributed by atoms with van der Waals surface area (Å²) >= 11 is 5.95. The molecular formula is C20H21ClFNO7S. The Morgan fingerprint density at radius 3 is 2.48 bits per heavy atom. The van der Waals surface area contributed by atoms with Crippen molar-refractivity contribution in [3.63, 3.8) is 0 Å². The Morgan fingerprint density at radius 2 is 1.94 bits per heavy atom. The number of hydrogen-bond donors (Lipinski definition) is 3. The average molecular weight is 474 g/mol. The zero-order valence-electron chi connectivity index (χ0n) is 16.5. The van der Waals surface area contributed by atoms with Crippen LogP contribution in [0, 0.1) is 5.82 Å². The molecule has 1 heterocycles. The van der Waals surface area contributed by atoms with E-state index in [1.54, 1.807) is 0 Å². The van der Waals surface area contributed by atoms with Crippen molar-refractivity contribution in [2.75, 3.05) is 6.61 Å². The molecule has 0 radical (unpaired) electrons. The molecule has 0 spiro atoms. The van der Waals surface area contributed by atoms with Gasteiger partial charge in [0.25, 0.3) is 0 Å². The van der Waals surface area contributed by atoms with Crippen molar-refractivity contribution in [3.8, 4) is 5.75 Å². The van der Waals surface area contributed by atoms with Gasteiger partial charge in [0, 0.05) is 12.0 Å². The van der Waals surface area contributed by atoms with Crippen LogP contribution in [0.1, 0.15) is 25.3 Å². The maximum Gasteiger partial charge on any atom is 0.327 e. The van der Waals surface area contributed by atoms with Gasteiger partial charge in [-0.3, -0.25) is 4.79 Å². The summed E-state index contributed by atoms with van der Waals surface area (Å²) in [6, 6.07) is 9.23. The summed E-state index contributed by atoms with van der Waals surface area (Å²) < 4.78 is 51.5. The highest BCUT2D eigenvalue weighted by Gasteiger charge is 2.48. The SMILES string of the molecule is CC1(O)CCC(NS(=O)(=O)c2ccc(OCc3ccc(F)cc3Cl)cc2)(C(=O)O)CO1. The van der Waals surface area contributed by atoms with E-state index in [4.69, 9.17) is 21.1 Å². The minimum atomic E-state index is -4.21. The van der Waals surface area contributed by atoms with Crippen LogP contribution in [0.3, 0.4) is 0 Å². The maximum atomic E-state index is 13.1. The first-order valence-electron chi connectivity index (χ1n) is 9.23. The third-order valence-corrected chi connectivity index (χ3v) is 6.83. The normalized spacial score (nSPS) is 24.0. The largest absolute Gasteiger partial charge is 0.489 e. The molecule has 1 aliphatic rings. The Morgan fingerprint density at radius 1 is 1.26 bits per heavy atom. The Kier molecular flexibility index (Phi) is 6.59. The maximum absolute atomic E-state index is 13.1. The van der Waals surface area contributed by atoms with E-state index in [2.05, 4.69) is 4.72 Å². The number of ether oxygens (including phenoxy) is 2. The molecule has 1 aliphatic heterocycles. The molecule has 3 rings (SSSR count). The Hall–Kier alpha value is -2.24. The van der Waals surface area contributed by atoms with Crippen LogP contribution in [-0.2, 0) is 26.2 Å². The van der Waals surface area contributed by atoms with Gasteiger partial charge in [-0.25, -0.2) is 12.8 Å². The summed E-state index contributed by atoms with van der Waals surface area (Å²) in [4.78, 5) is 11.6. The zero-order valence-corrected chi connectivity index (χ0v) is 18.0. The van der Waals surface area contributed by atoms with Crippen LogP contribution in [-0.4, -0.2) is 42.5 Å². The number of nitrogens with one attached hydrogen (secondary N) is 1. The smallest absolute Gasteiger partial charge is 0.327 e. The van der Waals surface area contributed by atoms with Crippen LogP contribution in [0.5, 0.6) is 5.75 Å². The third-order valence-electron chi connectivity index (χ3n) is 4.93. The quantitative estimate of drug-likeness (QED) is 0.565. The van der Waals surface area contributed by atoms with E-state index in [1.165, 1.54) is 43.3 Å². The number of sulfonamides is 1. The average Bonchev–Trinajstić information content (AvgIpc) is 2.69. The van der Waals surface area contributed by atoms with E-state index < -0.39 is 39.7 Å². The van der Waals surface area contributed by atoms with Crippen LogP contribution < -0.4 is 9.46 Å². The second-order valence-corrected chi connectivity index (χ2v) is 9.54. The first-order valence-corrected chi connectivity index (χ1v) is 11.1. The van der Waals surface area contributed by atoms with Gasteiger partial charge in [-0.1, -0.05) is 17.7 Å². The number of benzene rings is 2. The van der Waals surface area contributed by atoms with Crippen LogP contribution in [0.15, 0.2) is 47.4 Å². The fourth-order valence-electron chi connectivity index (χ4n) is 2.99. The summed E-state index contributed by atoms with van der Waals surface area (Å²) in [7, 11) is -4.21. The predicted octanol–water partition coefficient (Wildman–Crippen LogP) is 2.68. The lowest BCUT2D eigenvalue weighted by atomic mass is 9.90. The summed E-state index contributed by atoms with van der Waals surface area (Å²) in [5, 5.41) is 19.7. The van der Waals surface area contributed by atoms with Gasteiger partial charge in [0.2, 0.25) is 10.0 Å². The topological polar surface area (TPSA) is 122 Å². The molecule has 1 saturated heterocycles. The van der Waals surface area contributed by atoms with Crippen molar-refractivity contribution in [1.82, 2.24) is 4.72 Å². The van der Waals surface area contributed by atoms with Crippen LogP contribution in [0.4, 0.5) is 4.39 Å². The highest BCUT2D eigenvalue weighted by Crippen LogP contribution is 2.31. The highest BCUT2D eigenvalue weighted by atomic mass is 35.5. The fourth-order valence-corrected chi connectivity index (χ4v) is 4.59. The molecule has 168 valence electrons. The van der Waals surface area contributed by atoms with Crippen molar-refractivity contribution in [2.45, 2.75) is 42.6 Å². The summed E-state index contributed by atoms with van der Waals surface area (Å²) in [5.74, 6) is -3.05. The number of aliphatic hydroxyl groups is 1. The molecule has 3 N–H and O–H groups in total. The van der Waals surface area contributed by atoms with E-state index in [1.807, 2.05) is 0 Å². The van der Waals surface area contributed by atoms with Gasteiger partial charge in [-0.2, -0.15) is 4.72 Å². The first-order chi connectivity index (χ1) is 14.4. The molecule has 2 aromatic carbocycles. The molecule has 0 bridgehead atoms. The fraction of sp³-hybridized carbons (Fsp3) is 0.350. The van der Waals surface area contributed by atoms with Gasteiger partial charge >= 0.3 is 5.97 Å². The zero-order chi connectivity index (χ0) is 22.9. The first kappa shape index (κ1) is 23.4. The van der Waals surface area contributed by atoms with Gasteiger partial charge in [0.1, 0.15) is 18.2 Å². The van der Waals surface area contributed by atoms with Crippen LogP contribution >= 0.6 is 11.6 Å².